The van der Waals surface area contributed by atoms with Gasteiger partial charge in [0.1, 0.15) is 0 Å². The van der Waals surface area contributed by atoms with Gasteiger partial charge in [0.15, 0.2) is 0 Å². The highest BCUT2D eigenvalue weighted by molar-refractivity contribution is 6.22. The van der Waals surface area contributed by atoms with Crippen LogP contribution in [0.2, 0.25) is 0 Å². The Morgan fingerprint density at radius 2 is 0.889 bits per heavy atom. The van der Waals surface area contributed by atoms with Gasteiger partial charge in [-0.25, -0.2) is 0 Å². The van der Waals surface area contributed by atoms with Gasteiger partial charge in [-0.2, -0.15) is 0 Å². The van der Waals surface area contributed by atoms with E-state index in [1.165, 1.54) is 66.3 Å². The van der Waals surface area contributed by atoms with E-state index in [2.05, 4.69) is 224 Å². The number of allylic oxidation sites excluding steroid dienone is 2. The van der Waals surface area contributed by atoms with Crippen molar-refractivity contribution in [2.45, 2.75) is 26.3 Å². The molecular formula is C52H42N2. The summed E-state index contributed by atoms with van der Waals surface area (Å²) in [6, 6.07) is 64.5. The molecule has 260 valence electrons. The van der Waals surface area contributed by atoms with Crippen LogP contribution in [0.5, 0.6) is 0 Å². The van der Waals surface area contributed by atoms with Gasteiger partial charge in [0.2, 0.25) is 0 Å². The van der Waals surface area contributed by atoms with Crippen LogP contribution in [0.25, 0.3) is 43.8 Å². The molecule has 0 bridgehead atoms. The van der Waals surface area contributed by atoms with Crippen LogP contribution in [-0.4, -0.2) is 6.04 Å². The highest BCUT2D eigenvalue weighted by Gasteiger charge is 2.22. The Morgan fingerprint density at radius 3 is 1.41 bits per heavy atom. The van der Waals surface area contributed by atoms with Crippen molar-refractivity contribution in [3.63, 3.8) is 0 Å². The first-order valence-corrected chi connectivity index (χ1v) is 18.9. The molecule has 9 rings (SSSR count). The van der Waals surface area contributed by atoms with Gasteiger partial charge in [-0.05, 0) is 125 Å². The van der Waals surface area contributed by atoms with Crippen LogP contribution in [0.1, 0.15) is 17.5 Å². The number of aryl methyl sites for hydroxylation is 2. The van der Waals surface area contributed by atoms with Crippen molar-refractivity contribution in [3.05, 3.63) is 211 Å². The molecular weight excluding hydrogens is 653 g/mol. The lowest BCUT2D eigenvalue weighted by atomic mass is 9.84. The molecule has 0 aliphatic heterocycles. The quantitative estimate of drug-likeness (QED) is 0.146. The molecule has 0 saturated carbocycles. The molecule has 0 amide bonds. The highest BCUT2D eigenvalue weighted by atomic mass is 15.2. The molecule has 1 aliphatic rings. The van der Waals surface area contributed by atoms with Crippen LogP contribution in [0.15, 0.2) is 200 Å². The van der Waals surface area contributed by atoms with Crippen molar-refractivity contribution in [2.75, 3.05) is 9.80 Å². The zero-order valence-corrected chi connectivity index (χ0v) is 30.7. The molecule has 0 N–H and O–H groups in total. The first-order valence-electron chi connectivity index (χ1n) is 18.9. The number of rotatable bonds is 8. The Balaban J connectivity index is 1.27. The van der Waals surface area contributed by atoms with E-state index < -0.39 is 0 Å². The summed E-state index contributed by atoms with van der Waals surface area (Å²) in [5, 5.41) is 5.03. The van der Waals surface area contributed by atoms with E-state index in [1.54, 1.807) is 0 Å². The predicted molar refractivity (Wildman–Crippen MR) is 232 cm³/mol. The third-order valence-electron chi connectivity index (χ3n) is 10.6. The van der Waals surface area contributed by atoms with E-state index in [4.69, 9.17) is 0 Å². The summed E-state index contributed by atoms with van der Waals surface area (Å²) in [6.45, 7) is 4.41. The molecule has 2 heteroatoms. The minimum absolute atomic E-state index is 0.229. The fraction of sp³-hybridized carbons (Fsp3) is 0.0769. The number of hydrogen-bond acceptors (Lipinski definition) is 2. The van der Waals surface area contributed by atoms with E-state index in [-0.39, 0.29) is 6.04 Å². The number of nitrogens with zero attached hydrogens (tertiary/aromatic N) is 2. The molecule has 0 radical (unpaired) electrons. The zero-order chi connectivity index (χ0) is 36.4. The summed E-state index contributed by atoms with van der Waals surface area (Å²) < 4.78 is 0. The monoisotopic (exact) mass is 694 g/mol. The lowest BCUT2D eigenvalue weighted by Crippen LogP contribution is -2.29. The molecule has 0 heterocycles. The molecule has 1 aliphatic carbocycles. The highest BCUT2D eigenvalue weighted by Crippen LogP contribution is 2.46. The van der Waals surface area contributed by atoms with Crippen molar-refractivity contribution in [1.82, 2.24) is 0 Å². The van der Waals surface area contributed by atoms with Gasteiger partial charge in [-0.1, -0.05) is 151 Å². The van der Waals surface area contributed by atoms with E-state index in [0.717, 1.165) is 23.5 Å². The van der Waals surface area contributed by atoms with E-state index in [9.17, 15) is 0 Å². The van der Waals surface area contributed by atoms with Gasteiger partial charge in [-0.3, -0.25) is 0 Å². The average Bonchev–Trinajstić information content (AvgIpc) is 3.22. The molecule has 2 nitrogen and oxygen atoms in total. The number of fused-ring (bicyclic) bond motifs is 2. The second-order valence-corrected chi connectivity index (χ2v) is 14.3. The number of hydrogen-bond donors (Lipinski definition) is 0. The van der Waals surface area contributed by atoms with Crippen LogP contribution < -0.4 is 9.80 Å². The lowest BCUT2D eigenvalue weighted by molar-refractivity contribution is 0.785. The Bertz CT molecular complexity index is 2620. The van der Waals surface area contributed by atoms with Crippen molar-refractivity contribution in [1.29, 1.82) is 0 Å². The SMILES string of the molecule is Cc1ccc2c(-c3cccc(N(c4ccccc4)C4C=CC=CC4)c3)c3cc(C)ccc3c(-c3cccc(N(c4ccccc4)c4ccccc4)c3)c2c1. The number of para-hydroxylation sites is 3. The molecule has 0 fully saturated rings. The minimum Gasteiger partial charge on any atom is -0.334 e. The maximum Gasteiger partial charge on any atom is 0.0559 e. The molecule has 1 atom stereocenters. The van der Waals surface area contributed by atoms with Crippen molar-refractivity contribution in [3.8, 4) is 22.3 Å². The van der Waals surface area contributed by atoms with Crippen molar-refractivity contribution >= 4 is 50.0 Å². The molecule has 54 heavy (non-hydrogen) atoms. The van der Waals surface area contributed by atoms with Crippen LogP contribution in [-0.2, 0) is 0 Å². The molecule has 0 aromatic heterocycles. The van der Waals surface area contributed by atoms with Gasteiger partial charge >= 0.3 is 0 Å². The third-order valence-corrected chi connectivity index (χ3v) is 10.6. The smallest absolute Gasteiger partial charge is 0.0559 e. The number of anilines is 5. The average molecular weight is 695 g/mol. The first-order chi connectivity index (χ1) is 26.6. The van der Waals surface area contributed by atoms with Gasteiger partial charge in [0.25, 0.3) is 0 Å². The summed E-state index contributed by atoms with van der Waals surface area (Å²) in [4.78, 5) is 4.83. The van der Waals surface area contributed by atoms with E-state index in [0.29, 0.717) is 0 Å². The standard InChI is InChI=1S/C52H42N2/c1-37-29-31-47-49(33-37)51(39-17-15-27-45(35-39)53(41-19-7-3-8-20-41)42-21-9-4-10-22-42)48-32-30-38(2)34-50(48)52(47)40-18-16-28-46(36-40)54(43-23-11-5-12-24-43)44-25-13-6-14-26-44/h3-25,27-36,44H,26H2,1-2H3. The lowest BCUT2D eigenvalue weighted by Gasteiger charge is -2.33. The fourth-order valence-corrected chi connectivity index (χ4v) is 8.17. The maximum atomic E-state index is 2.48. The summed E-state index contributed by atoms with van der Waals surface area (Å²) in [6.07, 6.45) is 9.86. The molecule has 1 unspecified atom stereocenters. The maximum absolute atomic E-state index is 2.48. The molecule has 8 aromatic carbocycles. The molecule has 0 spiro atoms. The third kappa shape index (κ3) is 6.27. The summed E-state index contributed by atoms with van der Waals surface area (Å²) in [5.74, 6) is 0. The number of benzene rings is 8. The van der Waals surface area contributed by atoms with Crippen molar-refractivity contribution in [2.24, 2.45) is 0 Å². The fourth-order valence-electron chi connectivity index (χ4n) is 8.17. The van der Waals surface area contributed by atoms with Crippen LogP contribution in [0, 0.1) is 13.8 Å². The zero-order valence-electron chi connectivity index (χ0n) is 30.7. The largest absolute Gasteiger partial charge is 0.334 e. The van der Waals surface area contributed by atoms with Gasteiger partial charge < -0.3 is 9.80 Å². The van der Waals surface area contributed by atoms with Gasteiger partial charge in [0.05, 0.1) is 6.04 Å². The Kier molecular flexibility index (Phi) is 8.86. The van der Waals surface area contributed by atoms with Gasteiger partial charge in [0, 0.05) is 28.4 Å². The Morgan fingerprint density at radius 1 is 0.407 bits per heavy atom. The summed E-state index contributed by atoms with van der Waals surface area (Å²) in [7, 11) is 0. The van der Waals surface area contributed by atoms with E-state index in [1.807, 2.05) is 0 Å². The summed E-state index contributed by atoms with van der Waals surface area (Å²) in [5.41, 5.74) is 13.2. The predicted octanol–water partition coefficient (Wildman–Crippen LogP) is 14.4. The van der Waals surface area contributed by atoms with Crippen molar-refractivity contribution < 1.29 is 0 Å². The first kappa shape index (κ1) is 33.2. The Hall–Kier alpha value is -6.64. The molecule has 0 saturated heterocycles. The van der Waals surface area contributed by atoms with Crippen LogP contribution >= 0.6 is 0 Å². The second-order valence-electron chi connectivity index (χ2n) is 14.3. The van der Waals surface area contributed by atoms with Crippen LogP contribution in [0.4, 0.5) is 28.4 Å². The minimum atomic E-state index is 0.229. The Labute approximate surface area is 318 Å². The second kappa shape index (κ2) is 14.4. The molecule has 8 aromatic rings. The summed E-state index contributed by atoms with van der Waals surface area (Å²) >= 11 is 0. The van der Waals surface area contributed by atoms with E-state index >= 15 is 0 Å². The van der Waals surface area contributed by atoms with Crippen LogP contribution in [0.3, 0.4) is 0 Å². The normalized spacial score (nSPS) is 13.7. The van der Waals surface area contributed by atoms with Gasteiger partial charge in [-0.15, -0.1) is 0 Å². The topological polar surface area (TPSA) is 6.48 Å².